The highest BCUT2D eigenvalue weighted by Crippen LogP contribution is 2.65. The van der Waals surface area contributed by atoms with Crippen molar-refractivity contribution in [3.8, 4) is 12.3 Å². The summed E-state index contributed by atoms with van der Waals surface area (Å²) in [5, 5.41) is 14.2. The van der Waals surface area contributed by atoms with Crippen LogP contribution in [0.15, 0.2) is 12.7 Å². The van der Waals surface area contributed by atoms with Gasteiger partial charge < -0.3 is 26.2 Å². The van der Waals surface area contributed by atoms with Crippen LogP contribution in [0.25, 0.3) is 0 Å². The first kappa shape index (κ1) is 40.6. The van der Waals surface area contributed by atoms with E-state index in [0.717, 1.165) is 63.5 Å². The van der Waals surface area contributed by atoms with E-state index in [1.54, 1.807) is 4.90 Å². The zero-order valence-electron chi connectivity index (χ0n) is 32.1. The Morgan fingerprint density at radius 1 is 1.00 bits per heavy atom. The Hall–Kier alpha value is -3.13. The molecule has 11 heteroatoms. The van der Waals surface area contributed by atoms with E-state index < -0.39 is 41.1 Å². The van der Waals surface area contributed by atoms with Gasteiger partial charge in [0.1, 0.15) is 12.1 Å². The third-order valence-electron chi connectivity index (χ3n) is 12.3. The number of nitrogens with one attached hydrogen (secondary N) is 4. The van der Waals surface area contributed by atoms with Gasteiger partial charge >= 0.3 is 6.03 Å². The molecule has 3 aliphatic carbocycles. The Morgan fingerprint density at radius 3 is 2.20 bits per heavy atom. The first-order valence-electron chi connectivity index (χ1n) is 19.0. The van der Waals surface area contributed by atoms with Gasteiger partial charge in [0.25, 0.3) is 5.91 Å². The van der Waals surface area contributed by atoms with Crippen LogP contribution in [0.4, 0.5) is 4.79 Å². The number of carbonyl (C=O) groups is 5. The van der Waals surface area contributed by atoms with Crippen LogP contribution >= 0.6 is 10.5 Å². The zero-order chi connectivity index (χ0) is 37.8. The molecule has 0 spiro atoms. The van der Waals surface area contributed by atoms with Crippen LogP contribution in [0.1, 0.15) is 119 Å². The van der Waals surface area contributed by atoms with Crippen molar-refractivity contribution in [2.24, 2.45) is 22.7 Å². The van der Waals surface area contributed by atoms with Gasteiger partial charge in [0, 0.05) is 30.0 Å². The maximum Gasteiger partial charge on any atom is 0.315 e. The van der Waals surface area contributed by atoms with E-state index in [4.69, 9.17) is 6.42 Å². The number of nitrogens with zero attached hydrogens (tertiary/aromatic N) is 1. The van der Waals surface area contributed by atoms with Gasteiger partial charge in [-0.2, -0.15) is 10.5 Å². The molecule has 4 N–H and O–H groups in total. The summed E-state index contributed by atoms with van der Waals surface area (Å²) in [7, 11) is -0.0197. The first-order chi connectivity index (χ1) is 23.9. The Bertz CT molecular complexity index is 1430. The van der Waals surface area contributed by atoms with Crippen LogP contribution in [0.3, 0.4) is 0 Å². The summed E-state index contributed by atoms with van der Waals surface area (Å²) in [6, 6.07) is -3.12. The molecule has 3 saturated carbocycles. The molecule has 1 saturated heterocycles. The molecule has 1 aliphatic heterocycles. The van der Waals surface area contributed by atoms with Gasteiger partial charge in [-0.05, 0) is 61.7 Å². The van der Waals surface area contributed by atoms with E-state index in [9.17, 15) is 24.0 Å². The molecule has 284 valence electrons. The maximum atomic E-state index is 14.8. The first-order valence-corrected chi connectivity index (χ1v) is 20.5. The lowest BCUT2D eigenvalue weighted by molar-refractivity contribution is -0.145. The van der Waals surface area contributed by atoms with Crippen molar-refractivity contribution in [1.82, 2.24) is 26.2 Å². The number of hydrogen-bond acceptors (Lipinski definition) is 5. The monoisotopic (exact) mass is 725 g/mol. The smallest absolute Gasteiger partial charge is 0.315 e. The van der Waals surface area contributed by atoms with Crippen molar-refractivity contribution in [3.05, 3.63) is 12.7 Å². The number of likely N-dealkylation sites (tertiary alicyclic amines) is 1. The predicted molar refractivity (Wildman–Crippen MR) is 206 cm³/mol. The molecule has 4 unspecified atom stereocenters. The summed E-state index contributed by atoms with van der Waals surface area (Å²) in [4.78, 5) is 70.6. The number of hydrogen-bond donors (Lipinski definition) is 4. The second kappa shape index (κ2) is 16.3. The Kier molecular flexibility index (Phi) is 13.0. The molecule has 0 aromatic heterocycles. The number of urea groups is 1. The molecule has 4 aliphatic rings. The topological polar surface area (TPSA) is 137 Å². The molecule has 0 aromatic carbocycles. The van der Waals surface area contributed by atoms with E-state index in [1.165, 1.54) is 6.08 Å². The molecule has 4 fully saturated rings. The quantitative estimate of drug-likeness (QED) is 0.0858. The Balaban J connectivity index is 1.60. The molecule has 4 rings (SSSR count). The Labute approximate surface area is 308 Å². The van der Waals surface area contributed by atoms with Gasteiger partial charge in [0.2, 0.25) is 17.6 Å². The minimum atomic E-state index is -1.13. The van der Waals surface area contributed by atoms with E-state index in [1.807, 2.05) is 0 Å². The summed E-state index contributed by atoms with van der Waals surface area (Å²) >= 11 is 0. The summed E-state index contributed by atoms with van der Waals surface area (Å²) in [6.45, 7) is 19.2. The second-order valence-electron chi connectivity index (χ2n) is 17.2. The third-order valence-corrected chi connectivity index (χ3v) is 15.3. The van der Waals surface area contributed by atoms with Crippen LogP contribution in [-0.4, -0.2) is 87.1 Å². The van der Waals surface area contributed by atoms with Crippen molar-refractivity contribution in [1.29, 1.82) is 0 Å². The van der Waals surface area contributed by atoms with Gasteiger partial charge in [-0.3, -0.25) is 19.2 Å². The fourth-order valence-electron chi connectivity index (χ4n) is 9.04. The predicted octanol–water partition coefficient (Wildman–Crippen LogP) is 5.08. The number of ketones is 1. The van der Waals surface area contributed by atoms with Crippen LogP contribution in [0.5, 0.6) is 0 Å². The largest absolute Gasteiger partial charge is 0.346 e. The van der Waals surface area contributed by atoms with Crippen molar-refractivity contribution in [2.75, 3.05) is 18.8 Å². The van der Waals surface area contributed by atoms with Gasteiger partial charge in [0.05, 0.1) is 11.6 Å². The minimum absolute atomic E-state index is 0.0197. The minimum Gasteiger partial charge on any atom is -0.346 e. The standard InChI is InChI=1S/C40H63N5O5S/c1-10-13-19-28(31(46)34(48)41-24-11-2)42-33(47)30-29-27(38(29,7)8)25-45(30)35(49)32(39(9)20-17-18-21-39)43-36(50)44-40(22-15-14-16-23-40)26-51(12-3)37(4,5)6/h1,11-12,27-30,32H,2,13-26H2,3-9H3,(H,41,48)(H,42,47)(H2,43,44,50)/t27?,28?,29-,30?,32-,51?/m1/s1. The van der Waals surface area contributed by atoms with Crippen molar-refractivity contribution < 1.29 is 24.0 Å². The molecule has 0 bridgehead atoms. The normalized spacial score (nSPS) is 26.1. The molecule has 10 nitrogen and oxygen atoms in total. The number of amides is 5. The lowest BCUT2D eigenvalue weighted by Crippen LogP contribution is -2.64. The number of fused-ring (bicyclic) bond motifs is 1. The van der Waals surface area contributed by atoms with Crippen LogP contribution in [-0.2, 0) is 19.2 Å². The molecule has 0 radical (unpaired) electrons. The van der Waals surface area contributed by atoms with Crippen molar-refractivity contribution in [2.45, 2.75) is 148 Å². The van der Waals surface area contributed by atoms with Gasteiger partial charge in [-0.1, -0.05) is 85.1 Å². The molecular formula is C40H63N5O5S. The number of rotatable bonds is 14. The van der Waals surface area contributed by atoms with Crippen LogP contribution < -0.4 is 21.3 Å². The molecule has 1 heterocycles. The van der Waals surface area contributed by atoms with Gasteiger partial charge in [0.15, 0.2) is 0 Å². The third kappa shape index (κ3) is 9.09. The Morgan fingerprint density at radius 2 is 1.63 bits per heavy atom. The van der Waals surface area contributed by atoms with E-state index in [-0.39, 0.29) is 69.3 Å². The summed E-state index contributed by atoms with van der Waals surface area (Å²) in [5.41, 5.74) is -1.00. The average molecular weight is 726 g/mol. The number of piperidine rings is 1. The summed E-state index contributed by atoms with van der Waals surface area (Å²) in [6.07, 6.45) is 15.8. The van der Waals surface area contributed by atoms with Crippen LogP contribution in [0, 0.1) is 35.0 Å². The van der Waals surface area contributed by atoms with E-state index in [0.29, 0.717) is 6.54 Å². The lowest BCUT2D eigenvalue weighted by atomic mass is 9.79. The van der Waals surface area contributed by atoms with Crippen LogP contribution in [0.2, 0.25) is 0 Å². The van der Waals surface area contributed by atoms with Crippen molar-refractivity contribution in [3.63, 3.8) is 0 Å². The molecule has 0 aromatic rings. The lowest BCUT2D eigenvalue weighted by Gasteiger charge is -2.43. The highest BCUT2D eigenvalue weighted by molar-refractivity contribution is 8.16. The highest BCUT2D eigenvalue weighted by Gasteiger charge is 2.70. The van der Waals surface area contributed by atoms with E-state index >= 15 is 0 Å². The number of Topliss-reactive ketones (excluding diaryl/α,β-unsaturated/α-hetero) is 1. The maximum absolute atomic E-state index is 14.8. The second-order valence-corrected chi connectivity index (χ2v) is 20.1. The number of terminal acetylenes is 1. The zero-order valence-corrected chi connectivity index (χ0v) is 32.9. The van der Waals surface area contributed by atoms with E-state index in [2.05, 4.69) is 87.6 Å². The number of carbonyl (C=O) groups excluding carboxylic acids is 5. The molecule has 51 heavy (non-hydrogen) atoms. The average Bonchev–Trinajstić information content (AvgIpc) is 3.44. The highest BCUT2D eigenvalue weighted by atomic mass is 32.2. The molecule has 5 amide bonds. The molecule has 6 atom stereocenters. The summed E-state index contributed by atoms with van der Waals surface area (Å²) in [5.74, 6) is 1.00. The summed E-state index contributed by atoms with van der Waals surface area (Å²) < 4.78 is 0.0764. The fourth-order valence-corrected chi connectivity index (χ4v) is 11.3. The SMILES string of the molecule is C#CCCC(NC(=O)C1[C@H]2C(CN1C(=O)[C@@H](NC(=O)NC1(C/S(=C/C)C(C)(C)C)CCCCC1)C1(C)CCCC1)C2(C)C)C(=O)C(=O)NCC=C. The molecular weight excluding hydrogens is 663 g/mol. The van der Waals surface area contributed by atoms with Crippen molar-refractivity contribution >= 4 is 45.4 Å². The fraction of sp³-hybridized carbons (Fsp3) is 0.750. The van der Waals surface area contributed by atoms with Gasteiger partial charge in [-0.25, -0.2) is 4.79 Å². The van der Waals surface area contributed by atoms with Gasteiger partial charge in [-0.15, -0.1) is 18.9 Å².